The minimum absolute atomic E-state index is 0.0507. The van der Waals surface area contributed by atoms with E-state index in [0.717, 1.165) is 37.1 Å². The van der Waals surface area contributed by atoms with Gasteiger partial charge in [-0.1, -0.05) is 19.4 Å². The van der Waals surface area contributed by atoms with Gasteiger partial charge in [-0.05, 0) is 88.8 Å². The summed E-state index contributed by atoms with van der Waals surface area (Å²) in [7, 11) is 3.94. The zero-order valence-electron chi connectivity index (χ0n) is 23.7. The highest BCUT2D eigenvalue weighted by molar-refractivity contribution is 6.46. The first kappa shape index (κ1) is 28.5. The van der Waals surface area contributed by atoms with Gasteiger partial charge < -0.3 is 29.1 Å². The highest BCUT2D eigenvalue weighted by atomic mass is 16.5. The van der Waals surface area contributed by atoms with Gasteiger partial charge in [-0.3, -0.25) is 9.59 Å². The van der Waals surface area contributed by atoms with Gasteiger partial charge in [0.05, 0.1) is 24.8 Å². The van der Waals surface area contributed by atoms with E-state index in [0.29, 0.717) is 48.8 Å². The van der Waals surface area contributed by atoms with E-state index in [2.05, 4.69) is 6.92 Å². The summed E-state index contributed by atoms with van der Waals surface area (Å²) in [5, 5.41) is 11.5. The Hall–Kier alpha value is -3.52. The normalized spacial score (nSPS) is 19.9. The lowest BCUT2D eigenvalue weighted by Gasteiger charge is -2.26. The SMILES string of the molecule is CCCCOc1ccc([C@H]2/C(=C(\O)c3ccc4c(c3)C[C@@H](C)O4)C(=O)C(=O)N2CCCN(C)C)cc1OCC. The van der Waals surface area contributed by atoms with Gasteiger partial charge in [-0.2, -0.15) is 0 Å². The first-order valence-electron chi connectivity index (χ1n) is 13.9. The average Bonchev–Trinajstić information content (AvgIpc) is 3.40. The Bertz CT molecular complexity index is 1240. The molecule has 0 saturated carbocycles. The summed E-state index contributed by atoms with van der Waals surface area (Å²) < 4.78 is 17.7. The van der Waals surface area contributed by atoms with Crippen molar-refractivity contribution in [2.45, 2.75) is 58.6 Å². The molecule has 210 valence electrons. The van der Waals surface area contributed by atoms with Crippen LogP contribution in [0.5, 0.6) is 17.2 Å². The third kappa shape index (κ3) is 6.22. The van der Waals surface area contributed by atoms with Crippen molar-refractivity contribution in [1.29, 1.82) is 0 Å². The van der Waals surface area contributed by atoms with Crippen LogP contribution in [0.4, 0.5) is 0 Å². The summed E-state index contributed by atoms with van der Waals surface area (Å²) >= 11 is 0. The second-order valence-electron chi connectivity index (χ2n) is 10.4. The number of likely N-dealkylation sites (tertiary alicyclic amines) is 1. The summed E-state index contributed by atoms with van der Waals surface area (Å²) in [4.78, 5) is 30.4. The number of carbonyl (C=O) groups excluding carboxylic acids is 2. The van der Waals surface area contributed by atoms with Crippen LogP contribution < -0.4 is 14.2 Å². The van der Waals surface area contributed by atoms with Gasteiger partial charge in [0.2, 0.25) is 0 Å². The topological polar surface area (TPSA) is 88.5 Å². The van der Waals surface area contributed by atoms with E-state index < -0.39 is 17.7 Å². The predicted molar refractivity (Wildman–Crippen MR) is 150 cm³/mol. The number of ether oxygens (including phenoxy) is 3. The molecule has 2 aromatic carbocycles. The molecule has 1 amide bonds. The smallest absolute Gasteiger partial charge is 0.295 e. The number of amides is 1. The molecule has 2 atom stereocenters. The Labute approximate surface area is 231 Å². The fourth-order valence-corrected chi connectivity index (χ4v) is 5.15. The van der Waals surface area contributed by atoms with E-state index in [9.17, 15) is 14.7 Å². The molecule has 0 unspecified atom stereocenters. The minimum atomic E-state index is -0.750. The molecule has 0 spiro atoms. The molecule has 1 saturated heterocycles. The molecule has 2 aromatic rings. The molecule has 2 heterocycles. The highest BCUT2D eigenvalue weighted by Gasteiger charge is 2.46. The standard InChI is InChI=1S/C31H40N2O6/c1-6-8-16-38-25-13-10-21(19-26(25)37-7-2)28-27(30(35)31(36)33(28)15-9-14-32(4)5)29(34)22-11-12-24-23(18-22)17-20(3)39-24/h10-13,18-20,28,34H,6-9,14-17H2,1-5H3/b29-27+/t20-,28+/m1/s1. The van der Waals surface area contributed by atoms with Gasteiger partial charge in [0.1, 0.15) is 17.6 Å². The summed E-state index contributed by atoms with van der Waals surface area (Å²) in [5.41, 5.74) is 2.23. The van der Waals surface area contributed by atoms with Crippen molar-refractivity contribution in [2.75, 3.05) is 40.4 Å². The van der Waals surface area contributed by atoms with E-state index in [-0.39, 0.29) is 17.4 Å². The highest BCUT2D eigenvalue weighted by Crippen LogP contribution is 2.43. The van der Waals surface area contributed by atoms with E-state index >= 15 is 0 Å². The number of carbonyl (C=O) groups is 2. The molecule has 0 aliphatic carbocycles. The number of ketones is 1. The lowest BCUT2D eigenvalue weighted by atomic mass is 9.94. The number of Topliss-reactive ketones (excluding diaryl/α,β-unsaturated/α-hetero) is 1. The molecular weight excluding hydrogens is 496 g/mol. The molecule has 1 N–H and O–H groups in total. The van der Waals surface area contributed by atoms with Crippen LogP contribution in [0.2, 0.25) is 0 Å². The Kier molecular flexibility index (Phi) is 9.17. The largest absolute Gasteiger partial charge is 0.507 e. The van der Waals surface area contributed by atoms with Crippen LogP contribution in [0.1, 0.15) is 62.8 Å². The minimum Gasteiger partial charge on any atom is -0.507 e. The van der Waals surface area contributed by atoms with E-state index in [1.807, 2.05) is 63.2 Å². The van der Waals surface area contributed by atoms with Gasteiger partial charge >= 0.3 is 0 Å². The van der Waals surface area contributed by atoms with Crippen molar-refractivity contribution < 1.29 is 28.9 Å². The van der Waals surface area contributed by atoms with Crippen molar-refractivity contribution >= 4 is 17.4 Å². The average molecular weight is 537 g/mol. The summed E-state index contributed by atoms with van der Waals surface area (Å²) in [6, 6.07) is 10.1. The lowest BCUT2D eigenvalue weighted by molar-refractivity contribution is -0.139. The zero-order chi connectivity index (χ0) is 28.1. The summed E-state index contributed by atoms with van der Waals surface area (Å²) in [6.07, 6.45) is 3.38. The number of nitrogens with zero attached hydrogens (tertiary/aromatic N) is 2. The maximum Gasteiger partial charge on any atom is 0.295 e. The summed E-state index contributed by atoms with van der Waals surface area (Å²) in [6.45, 7) is 8.12. The number of aliphatic hydroxyl groups excluding tert-OH is 1. The third-order valence-corrected chi connectivity index (χ3v) is 7.05. The van der Waals surface area contributed by atoms with Crippen molar-refractivity contribution in [1.82, 2.24) is 9.80 Å². The van der Waals surface area contributed by atoms with Crippen molar-refractivity contribution in [3.05, 3.63) is 58.7 Å². The molecule has 0 aromatic heterocycles. The van der Waals surface area contributed by atoms with Crippen LogP contribution in [0.25, 0.3) is 5.76 Å². The molecule has 4 rings (SSSR count). The Balaban J connectivity index is 1.78. The summed E-state index contributed by atoms with van der Waals surface area (Å²) in [5.74, 6) is 0.463. The van der Waals surface area contributed by atoms with Gasteiger partial charge in [0.15, 0.2) is 11.5 Å². The number of hydrogen-bond acceptors (Lipinski definition) is 7. The number of unbranched alkanes of at least 4 members (excludes halogenated alkanes) is 1. The second-order valence-corrected chi connectivity index (χ2v) is 10.4. The van der Waals surface area contributed by atoms with E-state index in [4.69, 9.17) is 14.2 Å². The molecule has 2 aliphatic heterocycles. The number of aliphatic hydroxyl groups is 1. The third-order valence-electron chi connectivity index (χ3n) is 7.05. The molecule has 0 bridgehead atoms. The van der Waals surface area contributed by atoms with Gasteiger partial charge in [0.25, 0.3) is 11.7 Å². The molecule has 39 heavy (non-hydrogen) atoms. The molecule has 2 aliphatic rings. The zero-order valence-corrected chi connectivity index (χ0v) is 23.7. The van der Waals surface area contributed by atoms with Crippen LogP contribution >= 0.6 is 0 Å². The van der Waals surface area contributed by atoms with Crippen LogP contribution in [0.15, 0.2) is 42.0 Å². The van der Waals surface area contributed by atoms with Crippen molar-refractivity contribution in [2.24, 2.45) is 0 Å². The monoisotopic (exact) mass is 536 g/mol. The van der Waals surface area contributed by atoms with Gasteiger partial charge in [0, 0.05) is 18.5 Å². The van der Waals surface area contributed by atoms with Crippen LogP contribution in [0.3, 0.4) is 0 Å². The molecule has 8 heteroatoms. The number of benzene rings is 2. The van der Waals surface area contributed by atoms with Crippen LogP contribution in [0, 0.1) is 0 Å². The number of hydrogen-bond donors (Lipinski definition) is 1. The van der Waals surface area contributed by atoms with E-state index in [1.54, 1.807) is 11.0 Å². The maximum absolute atomic E-state index is 13.4. The Morgan fingerprint density at radius 3 is 2.59 bits per heavy atom. The number of rotatable bonds is 12. The fourth-order valence-electron chi connectivity index (χ4n) is 5.15. The van der Waals surface area contributed by atoms with Crippen molar-refractivity contribution in [3.8, 4) is 17.2 Å². The number of fused-ring (bicyclic) bond motifs is 1. The first-order valence-corrected chi connectivity index (χ1v) is 13.9. The quantitative estimate of drug-likeness (QED) is 0.178. The molecule has 0 radical (unpaired) electrons. The van der Waals surface area contributed by atoms with Crippen LogP contribution in [-0.2, 0) is 16.0 Å². The Morgan fingerprint density at radius 1 is 1.08 bits per heavy atom. The molecule has 8 nitrogen and oxygen atoms in total. The van der Waals surface area contributed by atoms with Crippen LogP contribution in [-0.4, -0.2) is 73.1 Å². The lowest BCUT2D eigenvalue weighted by Crippen LogP contribution is -2.32. The molecule has 1 fully saturated rings. The molecular formula is C31H40N2O6. The fraction of sp³-hybridized carbons (Fsp3) is 0.484. The van der Waals surface area contributed by atoms with Crippen molar-refractivity contribution in [3.63, 3.8) is 0 Å². The maximum atomic E-state index is 13.4. The van der Waals surface area contributed by atoms with E-state index in [1.165, 1.54) is 0 Å². The first-order chi connectivity index (χ1) is 18.7. The predicted octanol–water partition coefficient (Wildman–Crippen LogP) is 4.96. The van der Waals surface area contributed by atoms with Gasteiger partial charge in [-0.25, -0.2) is 0 Å². The Morgan fingerprint density at radius 2 is 1.87 bits per heavy atom. The second kappa shape index (κ2) is 12.6. The van der Waals surface area contributed by atoms with Gasteiger partial charge in [-0.15, -0.1) is 0 Å².